The molecule has 0 spiro atoms. The maximum Gasteiger partial charge on any atom is 0.211 e. The van der Waals surface area contributed by atoms with Gasteiger partial charge in [0.25, 0.3) is 0 Å². The molecule has 0 aromatic carbocycles. The van der Waals surface area contributed by atoms with Crippen molar-refractivity contribution in [1.29, 1.82) is 5.26 Å². The number of unbranched alkanes of at least 4 members (excludes halogenated alkanes) is 7. The first-order valence-electron chi connectivity index (χ1n) is 6.96. The number of nitrogens with zero attached hydrogens (tertiary/aromatic N) is 1. The zero-order chi connectivity index (χ0) is 13.7. The summed E-state index contributed by atoms with van der Waals surface area (Å²) in [6.07, 6.45) is 8.42. The summed E-state index contributed by atoms with van der Waals surface area (Å²) >= 11 is 0. The zero-order valence-electron chi connectivity index (χ0n) is 11.5. The summed E-state index contributed by atoms with van der Waals surface area (Å²) < 4.78 is 25.7. The Labute approximate surface area is 112 Å². The van der Waals surface area contributed by atoms with Crippen molar-refractivity contribution in [3.8, 4) is 6.07 Å². The van der Waals surface area contributed by atoms with Gasteiger partial charge >= 0.3 is 0 Å². The highest BCUT2D eigenvalue weighted by Gasteiger charge is 2.07. The Balaban J connectivity index is 3.39. The monoisotopic (exact) mass is 274 g/mol. The van der Waals surface area contributed by atoms with Gasteiger partial charge < -0.3 is 0 Å². The lowest BCUT2D eigenvalue weighted by Crippen LogP contribution is -2.27. The lowest BCUT2D eigenvalue weighted by molar-refractivity contribution is 0.565. The SMILES string of the molecule is CCCCCS(=O)(=O)NCCCCCCCC#N. The molecule has 0 rings (SSSR count). The van der Waals surface area contributed by atoms with Crippen LogP contribution in [0.3, 0.4) is 0 Å². The van der Waals surface area contributed by atoms with Gasteiger partial charge in [-0.1, -0.05) is 39.0 Å². The Kier molecular flexibility index (Phi) is 11.1. The molecule has 0 amide bonds. The maximum absolute atomic E-state index is 11.5. The van der Waals surface area contributed by atoms with Crippen LogP contribution in [-0.4, -0.2) is 20.7 Å². The van der Waals surface area contributed by atoms with Crippen LogP contribution in [0.5, 0.6) is 0 Å². The number of nitrogens with one attached hydrogen (secondary N) is 1. The molecule has 0 saturated heterocycles. The van der Waals surface area contributed by atoms with Crippen molar-refractivity contribution in [3.63, 3.8) is 0 Å². The van der Waals surface area contributed by atoms with E-state index in [0.29, 0.717) is 13.0 Å². The van der Waals surface area contributed by atoms with E-state index >= 15 is 0 Å². The number of rotatable bonds is 12. The van der Waals surface area contributed by atoms with Crippen LogP contribution in [0.1, 0.15) is 64.7 Å². The van der Waals surface area contributed by atoms with E-state index in [9.17, 15) is 8.42 Å². The average Bonchev–Trinajstić information content (AvgIpc) is 2.33. The molecule has 0 aliphatic carbocycles. The zero-order valence-corrected chi connectivity index (χ0v) is 12.3. The number of nitriles is 1. The van der Waals surface area contributed by atoms with E-state index in [1.165, 1.54) is 0 Å². The molecule has 5 heteroatoms. The second-order valence-corrected chi connectivity index (χ2v) is 6.52. The summed E-state index contributed by atoms with van der Waals surface area (Å²) in [5, 5.41) is 8.36. The highest BCUT2D eigenvalue weighted by Crippen LogP contribution is 2.04. The standard InChI is InChI=1S/C13H26N2O2S/c1-2-3-10-13-18(16,17)15-12-9-7-5-4-6-8-11-14/h15H,2-10,12-13H2,1H3. The molecule has 0 unspecified atom stereocenters. The summed E-state index contributed by atoms with van der Waals surface area (Å²) in [4.78, 5) is 0. The molecular formula is C13H26N2O2S. The third kappa shape index (κ3) is 11.9. The van der Waals surface area contributed by atoms with Gasteiger partial charge in [0.15, 0.2) is 0 Å². The van der Waals surface area contributed by atoms with E-state index in [4.69, 9.17) is 5.26 Å². The molecule has 0 heterocycles. The van der Waals surface area contributed by atoms with Crippen molar-refractivity contribution in [3.05, 3.63) is 0 Å². The van der Waals surface area contributed by atoms with Crippen LogP contribution in [0.15, 0.2) is 0 Å². The van der Waals surface area contributed by atoms with Crippen molar-refractivity contribution in [2.45, 2.75) is 64.7 Å². The van der Waals surface area contributed by atoms with Crippen LogP contribution in [0.2, 0.25) is 0 Å². The fourth-order valence-corrected chi connectivity index (χ4v) is 2.89. The predicted molar refractivity (Wildman–Crippen MR) is 74.6 cm³/mol. The van der Waals surface area contributed by atoms with Gasteiger partial charge in [-0.3, -0.25) is 0 Å². The molecule has 0 aliphatic heterocycles. The van der Waals surface area contributed by atoms with E-state index in [2.05, 4.69) is 17.7 Å². The Morgan fingerprint density at radius 2 is 1.67 bits per heavy atom. The van der Waals surface area contributed by atoms with Crippen LogP contribution < -0.4 is 4.72 Å². The first-order valence-corrected chi connectivity index (χ1v) is 8.62. The lowest BCUT2D eigenvalue weighted by Gasteiger charge is -2.06. The van der Waals surface area contributed by atoms with Crippen LogP contribution in [0.25, 0.3) is 0 Å². The van der Waals surface area contributed by atoms with E-state index in [1.54, 1.807) is 0 Å². The Bertz CT molecular complexity index is 320. The van der Waals surface area contributed by atoms with Crippen LogP contribution in [-0.2, 0) is 10.0 Å². The molecule has 0 aromatic rings. The average molecular weight is 274 g/mol. The Hall–Kier alpha value is -0.600. The predicted octanol–water partition coefficient (Wildman–Crippen LogP) is 2.96. The fourth-order valence-electron chi connectivity index (χ4n) is 1.70. The first-order chi connectivity index (χ1) is 8.62. The number of hydrogen-bond acceptors (Lipinski definition) is 3. The van der Waals surface area contributed by atoms with E-state index in [-0.39, 0.29) is 5.75 Å². The summed E-state index contributed by atoms with van der Waals surface area (Å²) in [6.45, 7) is 2.61. The van der Waals surface area contributed by atoms with E-state index in [0.717, 1.165) is 51.4 Å². The Morgan fingerprint density at radius 3 is 2.33 bits per heavy atom. The van der Waals surface area contributed by atoms with Gasteiger partial charge in [0.1, 0.15) is 0 Å². The van der Waals surface area contributed by atoms with Crippen LogP contribution in [0, 0.1) is 11.3 Å². The van der Waals surface area contributed by atoms with Gasteiger partial charge in [0, 0.05) is 13.0 Å². The largest absolute Gasteiger partial charge is 0.215 e. The maximum atomic E-state index is 11.5. The van der Waals surface area contributed by atoms with Gasteiger partial charge in [-0.15, -0.1) is 0 Å². The quantitative estimate of drug-likeness (QED) is 0.556. The molecule has 0 atom stereocenters. The second kappa shape index (κ2) is 11.5. The molecule has 0 radical (unpaired) electrons. The van der Waals surface area contributed by atoms with Crippen molar-refractivity contribution < 1.29 is 8.42 Å². The minimum atomic E-state index is -3.05. The Morgan fingerprint density at radius 1 is 1.00 bits per heavy atom. The van der Waals surface area contributed by atoms with E-state index < -0.39 is 10.0 Å². The minimum absolute atomic E-state index is 0.253. The lowest BCUT2D eigenvalue weighted by atomic mass is 10.1. The molecule has 0 aromatic heterocycles. The van der Waals surface area contributed by atoms with Crippen LogP contribution in [0.4, 0.5) is 0 Å². The molecule has 0 aliphatic rings. The fraction of sp³-hybridized carbons (Fsp3) is 0.923. The van der Waals surface area contributed by atoms with Gasteiger partial charge in [0.05, 0.1) is 11.8 Å². The smallest absolute Gasteiger partial charge is 0.211 e. The van der Waals surface area contributed by atoms with E-state index in [1.807, 2.05) is 0 Å². The number of sulfonamides is 1. The van der Waals surface area contributed by atoms with Gasteiger partial charge in [-0.2, -0.15) is 5.26 Å². The van der Waals surface area contributed by atoms with Crippen LogP contribution >= 0.6 is 0 Å². The highest BCUT2D eigenvalue weighted by atomic mass is 32.2. The first kappa shape index (κ1) is 17.4. The third-order valence-electron chi connectivity index (χ3n) is 2.80. The van der Waals surface area contributed by atoms with Gasteiger partial charge in [-0.25, -0.2) is 13.1 Å². The molecule has 0 saturated carbocycles. The van der Waals surface area contributed by atoms with Crippen molar-refractivity contribution in [2.75, 3.05) is 12.3 Å². The third-order valence-corrected chi connectivity index (χ3v) is 4.27. The van der Waals surface area contributed by atoms with Crippen molar-refractivity contribution >= 4 is 10.0 Å². The molecule has 0 fully saturated rings. The molecule has 1 N–H and O–H groups in total. The summed E-state index contributed by atoms with van der Waals surface area (Å²) in [6, 6.07) is 2.12. The highest BCUT2D eigenvalue weighted by molar-refractivity contribution is 7.89. The normalized spacial score (nSPS) is 11.3. The summed E-state index contributed by atoms with van der Waals surface area (Å²) in [7, 11) is -3.05. The van der Waals surface area contributed by atoms with Gasteiger partial charge in [0.2, 0.25) is 10.0 Å². The summed E-state index contributed by atoms with van der Waals surface area (Å²) in [5.74, 6) is 0.253. The topological polar surface area (TPSA) is 70.0 Å². The molecular weight excluding hydrogens is 248 g/mol. The van der Waals surface area contributed by atoms with Gasteiger partial charge in [-0.05, 0) is 19.3 Å². The number of hydrogen-bond donors (Lipinski definition) is 1. The van der Waals surface area contributed by atoms with Crippen molar-refractivity contribution in [2.24, 2.45) is 0 Å². The molecule has 18 heavy (non-hydrogen) atoms. The molecule has 4 nitrogen and oxygen atoms in total. The van der Waals surface area contributed by atoms with Crippen molar-refractivity contribution in [1.82, 2.24) is 4.72 Å². The molecule has 106 valence electrons. The summed E-state index contributed by atoms with van der Waals surface area (Å²) in [5.41, 5.74) is 0. The minimum Gasteiger partial charge on any atom is -0.215 e. The molecule has 0 bridgehead atoms. The second-order valence-electron chi connectivity index (χ2n) is 4.60.